The Bertz CT molecular complexity index is 596. The maximum atomic E-state index is 12.2. The minimum atomic E-state index is -1.13. The zero-order valence-corrected chi connectivity index (χ0v) is 12.3. The van der Waals surface area contributed by atoms with E-state index in [9.17, 15) is 19.5 Å². The summed E-state index contributed by atoms with van der Waals surface area (Å²) in [4.78, 5) is 37.8. The molecule has 0 aromatic carbocycles. The second-order valence-corrected chi connectivity index (χ2v) is 5.95. The van der Waals surface area contributed by atoms with Gasteiger partial charge in [-0.15, -0.1) is 0 Å². The van der Waals surface area contributed by atoms with Crippen molar-refractivity contribution in [3.63, 3.8) is 0 Å². The van der Waals surface area contributed by atoms with Gasteiger partial charge in [0.1, 0.15) is 11.6 Å². The number of nitrogens with one attached hydrogen (secondary N) is 2. The van der Waals surface area contributed by atoms with Crippen molar-refractivity contribution in [2.45, 2.75) is 40.7 Å². The van der Waals surface area contributed by atoms with E-state index in [1.807, 2.05) is 0 Å². The average molecular weight is 280 g/mol. The van der Waals surface area contributed by atoms with Crippen LogP contribution in [0.5, 0.6) is 0 Å². The van der Waals surface area contributed by atoms with Crippen molar-refractivity contribution in [1.29, 1.82) is 0 Å². The summed E-state index contributed by atoms with van der Waals surface area (Å²) in [5, 5.41) is 11.6. The third-order valence-electron chi connectivity index (χ3n) is 2.98. The van der Waals surface area contributed by atoms with Crippen LogP contribution in [0.3, 0.4) is 0 Å². The predicted molar refractivity (Wildman–Crippen MR) is 74.9 cm³/mol. The van der Waals surface area contributed by atoms with Crippen LogP contribution in [0.15, 0.2) is 10.9 Å². The molecule has 1 amide bonds. The zero-order chi connectivity index (χ0) is 15.7. The second kappa shape index (κ2) is 5.48. The van der Waals surface area contributed by atoms with Crippen molar-refractivity contribution >= 4 is 11.9 Å². The summed E-state index contributed by atoms with van der Waals surface area (Å²) in [6, 6.07) is 0.596. The van der Waals surface area contributed by atoms with Crippen molar-refractivity contribution in [3.8, 4) is 0 Å². The maximum Gasteiger partial charge on any atom is 0.326 e. The number of aromatic amines is 1. The number of aliphatic carboxylic acids is 1. The van der Waals surface area contributed by atoms with Gasteiger partial charge in [0.15, 0.2) is 0 Å². The normalized spacial score (nSPS) is 12.8. The molecule has 0 bridgehead atoms. The molecule has 0 radical (unpaired) electrons. The second-order valence-electron chi connectivity index (χ2n) is 5.95. The molecule has 0 aliphatic heterocycles. The van der Waals surface area contributed by atoms with Crippen molar-refractivity contribution in [3.05, 3.63) is 33.2 Å². The number of carbonyl (C=O) groups excluding carboxylic acids is 1. The van der Waals surface area contributed by atoms with Gasteiger partial charge in [-0.2, -0.15) is 0 Å². The van der Waals surface area contributed by atoms with Gasteiger partial charge in [0.2, 0.25) is 0 Å². The number of aromatic nitrogens is 1. The summed E-state index contributed by atoms with van der Waals surface area (Å²) >= 11 is 0. The number of H-pyrrole nitrogens is 1. The number of rotatable bonds is 3. The van der Waals surface area contributed by atoms with Crippen LogP contribution in [-0.4, -0.2) is 28.0 Å². The van der Waals surface area contributed by atoms with E-state index in [4.69, 9.17) is 0 Å². The van der Waals surface area contributed by atoms with Gasteiger partial charge in [0.05, 0.1) is 0 Å². The van der Waals surface area contributed by atoms with Crippen LogP contribution >= 0.6 is 0 Å². The first kappa shape index (κ1) is 15.9. The van der Waals surface area contributed by atoms with Gasteiger partial charge in [-0.25, -0.2) is 4.79 Å². The summed E-state index contributed by atoms with van der Waals surface area (Å²) in [5.74, 6) is -1.81. The van der Waals surface area contributed by atoms with Gasteiger partial charge < -0.3 is 15.4 Å². The summed E-state index contributed by atoms with van der Waals surface area (Å²) in [5.41, 5.74) is -0.0621. The van der Waals surface area contributed by atoms with Crippen LogP contribution in [-0.2, 0) is 4.79 Å². The largest absolute Gasteiger partial charge is 0.480 e. The topological polar surface area (TPSA) is 99.3 Å². The lowest BCUT2D eigenvalue weighted by Gasteiger charge is -2.27. The lowest BCUT2D eigenvalue weighted by atomic mass is 9.86. The molecule has 20 heavy (non-hydrogen) atoms. The molecule has 0 saturated heterocycles. The molecule has 0 aliphatic rings. The standard InChI is InChI=1S/C14H20N2O4/c1-7-6-8(2)15-11(17)9(7)12(18)16-10(13(19)20)14(3,4)5/h6,10H,1-5H3,(H,15,17)(H,16,18)(H,19,20)/t10-/m0/s1. The fraction of sp³-hybridized carbons (Fsp3) is 0.500. The Morgan fingerprint density at radius 2 is 1.85 bits per heavy atom. The fourth-order valence-electron chi connectivity index (χ4n) is 1.99. The Morgan fingerprint density at radius 3 is 2.25 bits per heavy atom. The Kier molecular flexibility index (Phi) is 4.37. The van der Waals surface area contributed by atoms with Crippen LogP contribution < -0.4 is 10.9 Å². The van der Waals surface area contributed by atoms with E-state index >= 15 is 0 Å². The number of carbonyl (C=O) groups is 2. The zero-order valence-electron chi connectivity index (χ0n) is 12.3. The first-order valence-electron chi connectivity index (χ1n) is 6.28. The van der Waals surface area contributed by atoms with Crippen molar-refractivity contribution < 1.29 is 14.7 Å². The third kappa shape index (κ3) is 3.46. The van der Waals surface area contributed by atoms with E-state index in [2.05, 4.69) is 10.3 Å². The number of aryl methyl sites for hydroxylation is 2. The highest BCUT2D eigenvalue weighted by Gasteiger charge is 2.33. The molecule has 1 rings (SSSR count). The highest BCUT2D eigenvalue weighted by Crippen LogP contribution is 2.20. The van der Waals surface area contributed by atoms with E-state index in [1.54, 1.807) is 40.7 Å². The molecule has 0 unspecified atom stereocenters. The Balaban J connectivity index is 3.14. The smallest absolute Gasteiger partial charge is 0.326 e. The lowest BCUT2D eigenvalue weighted by Crippen LogP contribution is -2.50. The molecule has 1 aromatic rings. The minimum absolute atomic E-state index is 0.0499. The van der Waals surface area contributed by atoms with Crippen LogP contribution in [0, 0.1) is 19.3 Å². The number of amides is 1. The van der Waals surface area contributed by atoms with Crippen molar-refractivity contribution in [2.24, 2.45) is 5.41 Å². The molecule has 110 valence electrons. The van der Waals surface area contributed by atoms with Gasteiger partial charge in [-0.3, -0.25) is 9.59 Å². The summed E-state index contributed by atoms with van der Waals surface area (Å²) < 4.78 is 0. The van der Waals surface area contributed by atoms with Gasteiger partial charge in [0, 0.05) is 5.69 Å². The number of hydrogen-bond acceptors (Lipinski definition) is 3. The summed E-state index contributed by atoms with van der Waals surface area (Å²) in [7, 11) is 0. The molecule has 0 saturated carbocycles. The molecule has 1 heterocycles. The Labute approximate surface area is 117 Å². The number of pyridine rings is 1. The van der Waals surface area contributed by atoms with E-state index in [1.165, 1.54) is 0 Å². The molecule has 1 aromatic heterocycles. The molecule has 0 fully saturated rings. The minimum Gasteiger partial charge on any atom is -0.480 e. The van der Waals surface area contributed by atoms with Gasteiger partial charge in [-0.1, -0.05) is 20.8 Å². The summed E-state index contributed by atoms with van der Waals surface area (Å²) in [6.45, 7) is 8.48. The van der Waals surface area contributed by atoms with Crippen LogP contribution in [0.25, 0.3) is 0 Å². The lowest BCUT2D eigenvalue weighted by molar-refractivity contribution is -0.142. The molecule has 6 heteroatoms. The van der Waals surface area contributed by atoms with Gasteiger partial charge in [-0.05, 0) is 30.9 Å². The first-order chi connectivity index (χ1) is 9.04. The maximum absolute atomic E-state index is 12.2. The molecule has 1 atom stereocenters. The van der Waals surface area contributed by atoms with E-state index in [0.29, 0.717) is 11.3 Å². The van der Waals surface area contributed by atoms with Crippen LogP contribution in [0.4, 0.5) is 0 Å². The molecular formula is C14H20N2O4. The molecule has 6 nitrogen and oxygen atoms in total. The highest BCUT2D eigenvalue weighted by atomic mass is 16.4. The number of carboxylic acid groups (broad SMARTS) is 1. The first-order valence-corrected chi connectivity index (χ1v) is 6.28. The van der Waals surface area contributed by atoms with E-state index in [-0.39, 0.29) is 5.56 Å². The van der Waals surface area contributed by atoms with E-state index < -0.39 is 28.9 Å². The summed E-state index contributed by atoms with van der Waals surface area (Å²) in [6.07, 6.45) is 0. The Hall–Kier alpha value is -2.11. The molecular weight excluding hydrogens is 260 g/mol. The van der Waals surface area contributed by atoms with Crippen molar-refractivity contribution in [1.82, 2.24) is 10.3 Å². The van der Waals surface area contributed by atoms with Gasteiger partial charge in [0.25, 0.3) is 11.5 Å². The number of carboxylic acids is 1. The average Bonchev–Trinajstić information content (AvgIpc) is 2.22. The quantitative estimate of drug-likeness (QED) is 0.775. The highest BCUT2D eigenvalue weighted by molar-refractivity contribution is 5.97. The van der Waals surface area contributed by atoms with E-state index in [0.717, 1.165) is 0 Å². The van der Waals surface area contributed by atoms with Crippen LogP contribution in [0.2, 0.25) is 0 Å². The van der Waals surface area contributed by atoms with Gasteiger partial charge >= 0.3 is 5.97 Å². The predicted octanol–water partition coefficient (Wildman–Crippen LogP) is 1.22. The molecule has 0 aliphatic carbocycles. The fourth-order valence-corrected chi connectivity index (χ4v) is 1.99. The van der Waals surface area contributed by atoms with Crippen molar-refractivity contribution in [2.75, 3.05) is 0 Å². The Morgan fingerprint density at radius 1 is 1.30 bits per heavy atom. The monoisotopic (exact) mass is 280 g/mol. The van der Waals surface area contributed by atoms with Crippen LogP contribution in [0.1, 0.15) is 42.4 Å². The molecule has 3 N–H and O–H groups in total. The number of hydrogen-bond donors (Lipinski definition) is 3. The SMILES string of the molecule is Cc1cc(C)c(C(=O)N[C@@H](C(=O)O)C(C)(C)C)c(=O)[nH]1. The third-order valence-corrected chi connectivity index (χ3v) is 2.98. The molecule has 0 spiro atoms.